The molecule has 5 rings (SSSR count). The molecule has 0 radical (unpaired) electrons. The molecule has 1 saturated heterocycles. The van der Waals surface area contributed by atoms with Gasteiger partial charge in [-0.1, -0.05) is 19.9 Å². The van der Waals surface area contributed by atoms with Gasteiger partial charge >= 0.3 is 6.09 Å². The van der Waals surface area contributed by atoms with Crippen molar-refractivity contribution in [2.45, 2.75) is 52.4 Å². The molecule has 0 bridgehead atoms. The molecule has 1 fully saturated rings. The molecule has 11 heteroatoms. The van der Waals surface area contributed by atoms with E-state index in [-0.39, 0.29) is 30.8 Å². The Morgan fingerprint density at radius 1 is 1.15 bits per heavy atom. The second-order valence-electron chi connectivity index (χ2n) is 11.4. The van der Waals surface area contributed by atoms with Crippen molar-refractivity contribution in [2.75, 3.05) is 33.2 Å². The highest BCUT2D eigenvalue weighted by molar-refractivity contribution is 6.03. The smallest absolute Gasteiger partial charge is 0.407 e. The quantitative estimate of drug-likeness (QED) is 0.349. The summed E-state index contributed by atoms with van der Waals surface area (Å²) in [6.07, 6.45) is 4.07. The van der Waals surface area contributed by atoms with E-state index in [4.69, 9.17) is 5.73 Å². The molecule has 3 N–H and O–H groups in total. The molecular formula is C30H37N7O4. The van der Waals surface area contributed by atoms with Gasteiger partial charge in [-0.2, -0.15) is 5.10 Å². The summed E-state index contributed by atoms with van der Waals surface area (Å²) in [6.45, 7) is 9.82. The summed E-state index contributed by atoms with van der Waals surface area (Å²) in [5.74, 6) is -0.254. The third-order valence-corrected chi connectivity index (χ3v) is 8.38. The van der Waals surface area contributed by atoms with Crippen LogP contribution in [0.1, 0.15) is 65.6 Å². The monoisotopic (exact) mass is 559 g/mol. The van der Waals surface area contributed by atoms with Crippen LogP contribution < -0.4 is 5.73 Å². The number of primary amides is 1. The Labute approximate surface area is 238 Å². The average Bonchev–Trinajstić information content (AvgIpc) is 3.53. The molecule has 4 heterocycles. The first kappa shape index (κ1) is 28.3. The second kappa shape index (κ2) is 11.0. The number of nitrogens with zero attached hydrogens (tertiary/aromatic N) is 6. The SMILES string of the molecule is Cc1c(-c2c(C(C)C)c3cc(C4CCN(CC(N)=O)CC4)ccc3n2C(=O)CN(C)C(=O)O)cn2ncnc2c1C. The van der Waals surface area contributed by atoms with E-state index in [1.165, 1.54) is 18.9 Å². The van der Waals surface area contributed by atoms with Gasteiger partial charge < -0.3 is 15.7 Å². The lowest BCUT2D eigenvalue weighted by molar-refractivity contribution is -0.119. The number of piperidine rings is 1. The van der Waals surface area contributed by atoms with Crippen molar-refractivity contribution in [1.82, 2.24) is 29.0 Å². The number of amides is 2. The highest BCUT2D eigenvalue weighted by Gasteiger charge is 2.29. The maximum atomic E-state index is 13.9. The van der Waals surface area contributed by atoms with E-state index < -0.39 is 6.09 Å². The van der Waals surface area contributed by atoms with E-state index in [1.807, 2.05) is 26.1 Å². The first-order chi connectivity index (χ1) is 19.5. The molecule has 41 heavy (non-hydrogen) atoms. The minimum absolute atomic E-state index is 0.0672. The predicted octanol–water partition coefficient (Wildman–Crippen LogP) is 4.01. The number of carbonyl (C=O) groups is 3. The van der Waals surface area contributed by atoms with Crippen LogP contribution in [0.3, 0.4) is 0 Å². The lowest BCUT2D eigenvalue weighted by atomic mass is 9.87. The van der Waals surface area contributed by atoms with E-state index in [0.29, 0.717) is 5.92 Å². The van der Waals surface area contributed by atoms with Gasteiger partial charge in [-0.3, -0.25) is 19.1 Å². The molecule has 0 saturated carbocycles. The summed E-state index contributed by atoms with van der Waals surface area (Å²) in [4.78, 5) is 44.4. The van der Waals surface area contributed by atoms with Gasteiger partial charge in [0.1, 0.15) is 12.9 Å². The van der Waals surface area contributed by atoms with Crippen molar-refractivity contribution in [3.63, 3.8) is 0 Å². The van der Waals surface area contributed by atoms with Crippen LogP contribution in [0.5, 0.6) is 0 Å². The van der Waals surface area contributed by atoms with Gasteiger partial charge in [0.15, 0.2) is 5.65 Å². The number of likely N-dealkylation sites (tertiary alicyclic amines) is 1. The molecule has 1 aliphatic rings. The van der Waals surface area contributed by atoms with Gasteiger partial charge in [0.05, 0.1) is 17.8 Å². The molecule has 0 atom stereocenters. The number of aryl methyl sites for hydroxylation is 1. The van der Waals surface area contributed by atoms with Gasteiger partial charge in [0.25, 0.3) is 5.91 Å². The maximum absolute atomic E-state index is 13.9. The normalized spacial score (nSPS) is 14.8. The molecule has 1 aromatic carbocycles. The minimum Gasteiger partial charge on any atom is -0.465 e. The summed E-state index contributed by atoms with van der Waals surface area (Å²) in [6, 6.07) is 6.27. The van der Waals surface area contributed by atoms with Crippen LogP contribution in [0.2, 0.25) is 0 Å². The fourth-order valence-electron chi connectivity index (χ4n) is 6.12. The molecule has 11 nitrogen and oxygen atoms in total. The lowest BCUT2D eigenvalue weighted by Gasteiger charge is -2.31. The summed E-state index contributed by atoms with van der Waals surface area (Å²) in [5, 5.41) is 14.9. The van der Waals surface area contributed by atoms with Crippen LogP contribution in [0, 0.1) is 13.8 Å². The highest BCUT2D eigenvalue weighted by atomic mass is 16.4. The topological polar surface area (TPSA) is 139 Å². The van der Waals surface area contributed by atoms with E-state index in [1.54, 1.807) is 9.08 Å². The number of nitrogens with two attached hydrogens (primary N) is 1. The van der Waals surface area contributed by atoms with Crippen molar-refractivity contribution in [3.8, 4) is 11.3 Å². The molecule has 3 aromatic heterocycles. The molecule has 0 unspecified atom stereocenters. The number of benzene rings is 1. The average molecular weight is 560 g/mol. The Bertz CT molecular complexity index is 1660. The third kappa shape index (κ3) is 5.17. The summed E-state index contributed by atoms with van der Waals surface area (Å²) >= 11 is 0. The van der Waals surface area contributed by atoms with Crippen LogP contribution in [-0.4, -0.2) is 85.2 Å². The fraction of sp³-hybridized carbons (Fsp3) is 0.433. The van der Waals surface area contributed by atoms with Crippen LogP contribution in [0.15, 0.2) is 30.7 Å². The van der Waals surface area contributed by atoms with Crippen molar-refractivity contribution >= 4 is 34.5 Å². The number of hydrogen-bond acceptors (Lipinski definition) is 6. The second-order valence-corrected chi connectivity index (χ2v) is 11.4. The summed E-state index contributed by atoms with van der Waals surface area (Å²) < 4.78 is 3.41. The number of fused-ring (bicyclic) bond motifs is 2. The first-order valence-corrected chi connectivity index (χ1v) is 13.9. The number of rotatable bonds is 7. The Morgan fingerprint density at radius 3 is 2.49 bits per heavy atom. The third-order valence-electron chi connectivity index (χ3n) is 8.38. The molecule has 0 aliphatic carbocycles. The van der Waals surface area contributed by atoms with Crippen LogP contribution in [0.4, 0.5) is 4.79 Å². The Balaban J connectivity index is 1.70. The van der Waals surface area contributed by atoms with Crippen LogP contribution in [-0.2, 0) is 4.79 Å². The zero-order valence-electron chi connectivity index (χ0n) is 24.2. The van der Waals surface area contributed by atoms with Gasteiger partial charge in [0, 0.05) is 24.2 Å². The number of hydrogen-bond donors (Lipinski definition) is 2. The van der Waals surface area contributed by atoms with Crippen molar-refractivity contribution in [1.29, 1.82) is 0 Å². The van der Waals surface area contributed by atoms with E-state index in [0.717, 1.165) is 75.3 Å². The molecule has 216 valence electrons. The summed E-state index contributed by atoms with van der Waals surface area (Å²) in [5.41, 5.74) is 12.7. The number of carbonyl (C=O) groups excluding carboxylic acids is 2. The molecule has 2 amide bonds. The minimum atomic E-state index is -1.17. The van der Waals surface area contributed by atoms with Gasteiger partial charge in [-0.15, -0.1) is 0 Å². The standard InChI is InChI=1S/C30H37N7O4/c1-17(2)27-22-12-21(20-8-10-35(11-9-20)14-25(31)38)6-7-24(22)37(26(39)15-34(5)30(40)41)28(27)23-13-36-29(32-16-33-36)19(4)18(23)3/h6-7,12-13,16-17,20H,8-11,14-15H2,1-5H3,(H2,31,38)(H,40,41). The van der Waals surface area contributed by atoms with Crippen LogP contribution >= 0.6 is 0 Å². The number of aromatic nitrogens is 4. The highest BCUT2D eigenvalue weighted by Crippen LogP contribution is 2.42. The maximum Gasteiger partial charge on any atom is 0.407 e. The number of pyridine rings is 1. The Hall–Kier alpha value is -4.25. The first-order valence-electron chi connectivity index (χ1n) is 13.9. The molecule has 1 aliphatic heterocycles. The summed E-state index contributed by atoms with van der Waals surface area (Å²) in [7, 11) is 1.40. The van der Waals surface area contributed by atoms with E-state index in [2.05, 4.69) is 41.0 Å². The molecule has 4 aromatic rings. The lowest BCUT2D eigenvalue weighted by Crippen LogP contribution is -2.39. The fourth-order valence-corrected chi connectivity index (χ4v) is 6.12. The molecule has 0 spiro atoms. The van der Waals surface area contributed by atoms with Crippen molar-refractivity contribution < 1.29 is 19.5 Å². The van der Waals surface area contributed by atoms with E-state index >= 15 is 0 Å². The number of carboxylic acid groups (broad SMARTS) is 1. The van der Waals surface area contributed by atoms with Gasteiger partial charge in [0.2, 0.25) is 5.91 Å². The van der Waals surface area contributed by atoms with Crippen LogP contribution in [0.25, 0.3) is 27.8 Å². The van der Waals surface area contributed by atoms with E-state index in [9.17, 15) is 19.5 Å². The largest absolute Gasteiger partial charge is 0.465 e. The van der Waals surface area contributed by atoms with Crippen molar-refractivity contribution in [3.05, 3.63) is 53.0 Å². The zero-order chi connectivity index (χ0) is 29.6. The van der Waals surface area contributed by atoms with Crippen molar-refractivity contribution in [2.24, 2.45) is 5.73 Å². The Morgan fingerprint density at radius 2 is 1.85 bits per heavy atom. The Kier molecular flexibility index (Phi) is 7.56. The van der Waals surface area contributed by atoms with Gasteiger partial charge in [-0.25, -0.2) is 14.3 Å². The number of likely N-dealkylation sites (N-methyl/N-ethyl adjacent to an activating group) is 1. The molecular weight excluding hydrogens is 522 g/mol. The van der Waals surface area contributed by atoms with Gasteiger partial charge in [-0.05, 0) is 86.0 Å². The zero-order valence-corrected chi connectivity index (χ0v) is 24.2. The predicted molar refractivity (Wildman–Crippen MR) is 156 cm³/mol.